The van der Waals surface area contributed by atoms with Gasteiger partial charge >= 0.3 is 0 Å². The van der Waals surface area contributed by atoms with Gasteiger partial charge in [0.1, 0.15) is 11.5 Å². The largest absolute Gasteiger partial charge is 0.457 e. The maximum Gasteiger partial charge on any atom is 0.221 e. The van der Waals surface area contributed by atoms with E-state index < -0.39 is 0 Å². The number of aromatic nitrogens is 1. The third-order valence-electron chi connectivity index (χ3n) is 5.06. The Balaban J connectivity index is 1.66. The van der Waals surface area contributed by atoms with Gasteiger partial charge in [-0.2, -0.15) is 0 Å². The summed E-state index contributed by atoms with van der Waals surface area (Å²) in [6.45, 7) is 5.28. The van der Waals surface area contributed by atoms with E-state index in [0.29, 0.717) is 5.92 Å². The molecule has 1 aromatic heterocycles. The number of benzene rings is 3. The molecule has 0 saturated heterocycles. The van der Waals surface area contributed by atoms with Crippen LogP contribution in [0.2, 0.25) is 0 Å². The van der Waals surface area contributed by atoms with Crippen LogP contribution in [0.5, 0.6) is 11.5 Å². The third kappa shape index (κ3) is 4.38. The van der Waals surface area contributed by atoms with Crippen LogP contribution in [0.1, 0.15) is 19.4 Å². The van der Waals surface area contributed by atoms with Crippen LogP contribution in [0.25, 0.3) is 22.0 Å². The van der Waals surface area contributed by atoms with Crippen molar-refractivity contribution in [2.45, 2.75) is 26.8 Å². The summed E-state index contributed by atoms with van der Waals surface area (Å²) in [6, 6.07) is 24.2. The van der Waals surface area contributed by atoms with Crippen LogP contribution < -0.4 is 10.5 Å². The highest BCUT2D eigenvalue weighted by molar-refractivity contribution is 5.92. The first-order valence-electron chi connectivity index (χ1n) is 10.2. The number of amides is 1. The fourth-order valence-electron chi connectivity index (χ4n) is 3.76. The number of rotatable bonds is 7. The molecule has 0 spiro atoms. The molecule has 152 valence electrons. The van der Waals surface area contributed by atoms with Gasteiger partial charge in [0.25, 0.3) is 0 Å². The number of ether oxygens (including phenoxy) is 1. The maximum atomic E-state index is 11.6. The van der Waals surface area contributed by atoms with E-state index in [1.165, 1.54) is 0 Å². The molecule has 0 radical (unpaired) electrons. The average molecular weight is 399 g/mol. The molecule has 0 fully saturated rings. The number of nitrogens with zero attached hydrogens (tertiary/aromatic N) is 1. The van der Waals surface area contributed by atoms with E-state index in [2.05, 4.69) is 54.9 Å². The van der Waals surface area contributed by atoms with Gasteiger partial charge in [0, 0.05) is 23.6 Å². The van der Waals surface area contributed by atoms with Gasteiger partial charge in [0.15, 0.2) is 0 Å². The molecule has 0 saturated carbocycles. The Labute approximate surface area is 176 Å². The van der Waals surface area contributed by atoms with Crippen molar-refractivity contribution in [2.75, 3.05) is 0 Å². The van der Waals surface area contributed by atoms with E-state index in [0.717, 1.165) is 45.6 Å². The van der Waals surface area contributed by atoms with Gasteiger partial charge < -0.3 is 15.0 Å². The normalized spacial score (nSPS) is 11.2. The number of fused-ring (bicyclic) bond motifs is 1. The van der Waals surface area contributed by atoms with Crippen molar-refractivity contribution in [3.05, 3.63) is 84.6 Å². The Morgan fingerprint density at radius 2 is 1.60 bits per heavy atom. The Morgan fingerprint density at radius 3 is 2.27 bits per heavy atom. The second kappa shape index (κ2) is 8.46. The molecule has 0 aliphatic carbocycles. The molecular formula is C26H26N2O2. The second-order valence-corrected chi connectivity index (χ2v) is 8.02. The maximum absolute atomic E-state index is 11.6. The summed E-state index contributed by atoms with van der Waals surface area (Å²) in [5.41, 5.74) is 9.80. The molecule has 0 atom stereocenters. The predicted molar refractivity (Wildman–Crippen MR) is 122 cm³/mol. The third-order valence-corrected chi connectivity index (χ3v) is 5.06. The highest BCUT2D eigenvalue weighted by Crippen LogP contribution is 2.31. The lowest BCUT2D eigenvalue weighted by Crippen LogP contribution is -2.13. The lowest BCUT2D eigenvalue weighted by Gasteiger charge is -2.09. The van der Waals surface area contributed by atoms with E-state index in [1.54, 1.807) is 0 Å². The standard InChI is InChI=1S/C26H26N2O2/c1-18(2)16-28-17-21(15-26(27)29)24-14-20(10-13-25(24)28)19-8-11-23(12-9-19)30-22-6-4-3-5-7-22/h3-14,17-18H,15-16H2,1-2H3,(H2,27,29). The van der Waals surface area contributed by atoms with E-state index >= 15 is 0 Å². The molecule has 4 nitrogen and oxygen atoms in total. The second-order valence-electron chi connectivity index (χ2n) is 8.02. The lowest BCUT2D eigenvalue weighted by atomic mass is 10.0. The van der Waals surface area contributed by atoms with Crippen LogP contribution in [0.15, 0.2) is 79.0 Å². The van der Waals surface area contributed by atoms with Crippen LogP contribution in [0.4, 0.5) is 0 Å². The fourth-order valence-corrected chi connectivity index (χ4v) is 3.76. The minimum absolute atomic E-state index is 0.245. The zero-order valence-electron chi connectivity index (χ0n) is 17.3. The molecule has 4 heteroatoms. The number of para-hydroxylation sites is 1. The topological polar surface area (TPSA) is 57.2 Å². The van der Waals surface area contributed by atoms with E-state index in [9.17, 15) is 4.79 Å². The number of carbonyl (C=O) groups excluding carboxylic acids is 1. The fraction of sp³-hybridized carbons (Fsp3) is 0.192. The van der Waals surface area contributed by atoms with Gasteiger partial charge in [-0.15, -0.1) is 0 Å². The van der Waals surface area contributed by atoms with Crippen LogP contribution in [-0.4, -0.2) is 10.5 Å². The van der Waals surface area contributed by atoms with Crippen molar-refractivity contribution in [1.82, 2.24) is 4.57 Å². The van der Waals surface area contributed by atoms with Gasteiger partial charge in [0.05, 0.1) is 6.42 Å². The van der Waals surface area contributed by atoms with E-state index in [1.807, 2.05) is 42.5 Å². The Hall–Kier alpha value is -3.53. The smallest absolute Gasteiger partial charge is 0.221 e. The molecule has 1 amide bonds. The number of nitrogens with two attached hydrogens (primary N) is 1. The minimum Gasteiger partial charge on any atom is -0.457 e. The van der Waals surface area contributed by atoms with Crippen LogP contribution in [0.3, 0.4) is 0 Å². The van der Waals surface area contributed by atoms with Gasteiger partial charge in [-0.3, -0.25) is 4.79 Å². The number of carbonyl (C=O) groups is 1. The summed E-state index contributed by atoms with van der Waals surface area (Å²) < 4.78 is 8.11. The van der Waals surface area contributed by atoms with Crippen molar-refractivity contribution < 1.29 is 9.53 Å². The molecule has 1 heterocycles. The summed E-state index contributed by atoms with van der Waals surface area (Å²) in [5.74, 6) is 1.81. The van der Waals surface area contributed by atoms with Crippen LogP contribution in [-0.2, 0) is 17.8 Å². The Bertz CT molecular complexity index is 1160. The lowest BCUT2D eigenvalue weighted by molar-refractivity contribution is -0.117. The molecule has 30 heavy (non-hydrogen) atoms. The highest BCUT2D eigenvalue weighted by atomic mass is 16.5. The SMILES string of the molecule is CC(C)Cn1cc(CC(N)=O)c2cc(-c3ccc(Oc4ccccc4)cc3)ccc21. The zero-order valence-corrected chi connectivity index (χ0v) is 17.3. The minimum atomic E-state index is -0.314. The van der Waals surface area contributed by atoms with Crippen molar-refractivity contribution in [1.29, 1.82) is 0 Å². The molecule has 4 rings (SSSR count). The van der Waals surface area contributed by atoms with Gasteiger partial charge in [-0.1, -0.05) is 50.2 Å². The zero-order chi connectivity index (χ0) is 21.1. The van der Waals surface area contributed by atoms with E-state index in [4.69, 9.17) is 10.5 Å². The molecule has 0 aliphatic rings. The first-order valence-corrected chi connectivity index (χ1v) is 10.2. The molecule has 0 aliphatic heterocycles. The van der Waals surface area contributed by atoms with Crippen LogP contribution in [0, 0.1) is 5.92 Å². The Morgan fingerprint density at radius 1 is 0.933 bits per heavy atom. The van der Waals surface area contributed by atoms with Gasteiger partial charge in [-0.25, -0.2) is 0 Å². The highest BCUT2D eigenvalue weighted by Gasteiger charge is 2.13. The first kappa shape index (κ1) is 19.8. The van der Waals surface area contributed by atoms with Crippen molar-refractivity contribution >= 4 is 16.8 Å². The van der Waals surface area contributed by atoms with Crippen LogP contribution >= 0.6 is 0 Å². The van der Waals surface area contributed by atoms with Gasteiger partial charge in [-0.05, 0) is 59.0 Å². The molecule has 4 aromatic rings. The van der Waals surface area contributed by atoms with E-state index in [-0.39, 0.29) is 12.3 Å². The average Bonchev–Trinajstić information content (AvgIpc) is 3.04. The summed E-state index contributed by atoms with van der Waals surface area (Å²) in [6.07, 6.45) is 2.31. The van der Waals surface area contributed by atoms with Crippen molar-refractivity contribution in [3.63, 3.8) is 0 Å². The summed E-state index contributed by atoms with van der Waals surface area (Å²) in [4.78, 5) is 11.6. The molecule has 2 N–H and O–H groups in total. The summed E-state index contributed by atoms with van der Waals surface area (Å²) in [5, 5.41) is 1.08. The summed E-state index contributed by atoms with van der Waals surface area (Å²) >= 11 is 0. The quantitative estimate of drug-likeness (QED) is 0.429. The molecule has 3 aromatic carbocycles. The number of hydrogen-bond acceptors (Lipinski definition) is 2. The monoisotopic (exact) mass is 398 g/mol. The Kier molecular flexibility index (Phi) is 5.57. The van der Waals surface area contributed by atoms with Crippen molar-refractivity contribution in [2.24, 2.45) is 11.7 Å². The van der Waals surface area contributed by atoms with Gasteiger partial charge in [0.2, 0.25) is 5.91 Å². The predicted octanol–water partition coefficient (Wildman–Crippen LogP) is 5.78. The van der Waals surface area contributed by atoms with Crippen molar-refractivity contribution in [3.8, 4) is 22.6 Å². The summed E-state index contributed by atoms with van der Waals surface area (Å²) in [7, 11) is 0. The molecule has 0 bridgehead atoms. The number of hydrogen-bond donors (Lipinski definition) is 1. The number of primary amides is 1. The molecular weight excluding hydrogens is 372 g/mol. The molecule has 0 unspecified atom stereocenters. The first-order chi connectivity index (χ1) is 14.5.